The molecule has 0 fully saturated rings. The van der Waals surface area contributed by atoms with E-state index in [1.54, 1.807) is 23.9 Å². The first-order valence-corrected chi connectivity index (χ1v) is 6.41. The Morgan fingerprint density at radius 2 is 2.25 bits per heavy atom. The fourth-order valence-electron chi connectivity index (χ4n) is 1.42. The Labute approximate surface area is 99.8 Å². The van der Waals surface area contributed by atoms with E-state index >= 15 is 0 Å². The predicted octanol–water partition coefficient (Wildman–Crippen LogP) is 2.49. The quantitative estimate of drug-likeness (QED) is 0.833. The fraction of sp³-hybridized carbons (Fsp3) is 0.500. The molecule has 0 aliphatic rings. The van der Waals surface area contributed by atoms with Crippen LogP contribution in [0.3, 0.4) is 0 Å². The Bertz CT molecular complexity index is 331. The van der Waals surface area contributed by atoms with E-state index in [2.05, 4.69) is 0 Å². The van der Waals surface area contributed by atoms with Crippen molar-refractivity contribution in [2.75, 3.05) is 18.6 Å². The van der Waals surface area contributed by atoms with Gasteiger partial charge in [-0.1, -0.05) is 13.0 Å². The monoisotopic (exact) mass is 244 g/mol. The van der Waals surface area contributed by atoms with Crippen molar-refractivity contribution < 1.29 is 14.2 Å². The molecule has 0 spiro atoms. The van der Waals surface area contributed by atoms with Gasteiger partial charge in [-0.05, 0) is 29.9 Å². The van der Waals surface area contributed by atoms with Gasteiger partial charge in [-0.3, -0.25) is 0 Å². The van der Waals surface area contributed by atoms with E-state index < -0.39 is 6.10 Å². The second-order valence-electron chi connectivity index (χ2n) is 3.49. The van der Waals surface area contributed by atoms with Gasteiger partial charge in [-0.15, -0.1) is 0 Å². The zero-order chi connectivity index (χ0) is 12.0. The minimum atomic E-state index is -0.419. The molecule has 0 aliphatic heterocycles. The molecule has 1 unspecified atom stereocenters. The summed E-state index contributed by atoms with van der Waals surface area (Å²) in [4.78, 5) is 0. The number of hydrogen-bond donors (Lipinski definition) is 1. The molecule has 1 aromatic carbocycles. The molecule has 0 saturated heterocycles. The van der Waals surface area contributed by atoms with Crippen LogP contribution in [0.15, 0.2) is 18.2 Å². The zero-order valence-corrected chi connectivity index (χ0v) is 10.4. The summed E-state index contributed by atoms with van der Waals surface area (Å²) >= 11 is 1.68. The smallest absolute Gasteiger partial charge is 0.165 e. The van der Waals surface area contributed by atoms with E-state index in [4.69, 9.17) is 4.74 Å². The highest BCUT2D eigenvalue weighted by Gasteiger charge is 2.08. The first kappa shape index (κ1) is 13.3. The Morgan fingerprint density at radius 1 is 1.50 bits per heavy atom. The third kappa shape index (κ3) is 4.02. The van der Waals surface area contributed by atoms with E-state index in [0.29, 0.717) is 12.2 Å². The lowest BCUT2D eigenvalue weighted by molar-refractivity contribution is 0.200. The van der Waals surface area contributed by atoms with E-state index in [1.165, 1.54) is 13.2 Å². The molecule has 0 aromatic heterocycles. The SMILES string of the molecule is CCSCC(O)Cc1ccc(OC)c(F)c1. The van der Waals surface area contributed by atoms with E-state index in [9.17, 15) is 9.50 Å². The van der Waals surface area contributed by atoms with E-state index in [-0.39, 0.29) is 11.6 Å². The van der Waals surface area contributed by atoms with Gasteiger partial charge in [-0.2, -0.15) is 11.8 Å². The molecule has 0 amide bonds. The van der Waals surface area contributed by atoms with Gasteiger partial charge in [0, 0.05) is 5.75 Å². The van der Waals surface area contributed by atoms with Crippen LogP contribution in [0, 0.1) is 5.82 Å². The van der Waals surface area contributed by atoms with Crippen LogP contribution in [0.2, 0.25) is 0 Å². The number of hydrogen-bond acceptors (Lipinski definition) is 3. The van der Waals surface area contributed by atoms with Gasteiger partial charge in [-0.25, -0.2) is 4.39 Å². The maximum atomic E-state index is 13.3. The maximum Gasteiger partial charge on any atom is 0.165 e. The number of halogens is 1. The molecule has 1 aromatic rings. The average Bonchev–Trinajstić information content (AvgIpc) is 2.26. The lowest BCUT2D eigenvalue weighted by atomic mass is 10.1. The lowest BCUT2D eigenvalue weighted by Gasteiger charge is -2.10. The third-order valence-electron chi connectivity index (χ3n) is 2.20. The normalized spacial score (nSPS) is 12.5. The van der Waals surface area contributed by atoms with Crippen molar-refractivity contribution in [3.05, 3.63) is 29.6 Å². The Balaban J connectivity index is 2.57. The summed E-state index contributed by atoms with van der Waals surface area (Å²) in [6.45, 7) is 2.05. The van der Waals surface area contributed by atoms with Crippen molar-refractivity contribution in [3.63, 3.8) is 0 Å². The number of aliphatic hydroxyl groups excluding tert-OH is 1. The second-order valence-corrected chi connectivity index (χ2v) is 4.81. The van der Waals surface area contributed by atoms with Crippen molar-refractivity contribution >= 4 is 11.8 Å². The highest BCUT2D eigenvalue weighted by Crippen LogP contribution is 2.19. The third-order valence-corrected chi connectivity index (χ3v) is 3.23. The van der Waals surface area contributed by atoms with Crippen LogP contribution in [0.1, 0.15) is 12.5 Å². The summed E-state index contributed by atoms with van der Waals surface area (Å²) < 4.78 is 18.2. The molecule has 0 radical (unpaired) electrons. The number of benzene rings is 1. The first-order chi connectivity index (χ1) is 7.67. The summed E-state index contributed by atoms with van der Waals surface area (Å²) in [6, 6.07) is 4.78. The van der Waals surface area contributed by atoms with Crippen molar-refractivity contribution in [2.24, 2.45) is 0 Å². The van der Waals surface area contributed by atoms with Crippen LogP contribution < -0.4 is 4.74 Å². The molecular weight excluding hydrogens is 227 g/mol. The van der Waals surface area contributed by atoms with Crippen LogP contribution in [0.25, 0.3) is 0 Å². The Kier molecular flexibility index (Phi) is 5.63. The zero-order valence-electron chi connectivity index (χ0n) is 9.57. The largest absolute Gasteiger partial charge is 0.494 e. The van der Waals surface area contributed by atoms with Gasteiger partial charge in [0.05, 0.1) is 13.2 Å². The van der Waals surface area contributed by atoms with Crippen molar-refractivity contribution in [2.45, 2.75) is 19.4 Å². The summed E-state index contributed by atoms with van der Waals surface area (Å²) in [5, 5.41) is 9.68. The highest BCUT2D eigenvalue weighted by molar-refractivity contribution is 7.99. The van der Waals surface area contributed by atoms with Crippen LogP contribution in [0.4, 0.5) is 4.39 Å². The molecule has 0 aliphatic carbocycles. The predicted molar refractivity (Wildman–Crippen MR) is 65.7 cm³/mol. The Morgan fingerprint density at radius 3 is 2.81 bits per heavy atom. The molecule has 90 valence electrons. The first-order valence-electron chi connectivity index (χ1n) is 5.25. The maximum absolute atomic E-state index is 13.3. The Hall–Kier alpha value is -0.740. The van der Waals surface area contributed by atoms with Crippen molar-refractivity contribution in [3.8, 4) is 5.75 Å². The van der Waals surface area contributed by atoms with Crippen LogP contribution in [-0.2, 0) is 6.42 Å². The van der Waals surface area contributed by atoms with E-state index in [0.717, 1.165) is 11.3 Å². The second kappa shape index (κ2) is 6.76. The summed E-state index contributed by atoms with van der Waals surface area (Å²) in [5.41, 5.74) is 0.794. The van der Waals surface area contributed by atoms with Crippen LogP contribution >= 0.6 is 11.8 Å². The van der Waals surface area contributed by atoms with Crippen molar-refractivity contribution in [1.29, 1.82) is 0 Å². The summed E-state index contributed by atoms with van der Waals surface area (Å²) in [6.07, 6.45) is 0.0613. The molecule has 2 nitrogen and oxygen atoms in total. The van der Waals surface area contributed by atoms with Gasteiger partial charge >= 0.3 is 0 Å². The number of ether oxygens (including phenoxy) is 1. The lowest BCUT2D eigenvalue weighted by Crippen LogP contribution is -2.13. The number of methoxy groups -OCH3 is 1. The molecule has 4 heteroatoms. The molecule has 1 N–H and O–H groups in total. The minimum Gasteiger partial charge on any atom is -0.494 e. The standard InChI is InChI=1S/C12H17FO2S/c1-3-16-8-10(14)6-9-4-5-12(15-2)11(13)7-9/h4-5,7,10,14H,3,6,8H2,1-2H3. The van der Waals surface area contributed by atoms with Gasteiger partial charge in [0.25, 0.3) is 0 Å². The fourth-order valence-corrected chi connectivity index (χ4v) is 2.05. The van der Waals surface area contributed by atoms with Crippen molar-refractivity contribution in [1.82, 2.24) is 0 Å². The molecule has 0 bridgehead atoms. The molecule has 1 rings (SSSR count). The van der Waals surface area contributed by atoms with Gasteiger partial charge in [0.1, 0.15) is 0 Å². The van der Waals surface area contributed by atoms with Gasteiger partial charge in [0.2, 0.25) is 0 Å². The molecule has 0 saturated carbocycles. The number of aliphatic hydroxyl groups is 1. The molecule has 16 heavy (non-hydrogen) atoms. The topological polar surface area (TPSA) is 29.5 Å². The minimum absolute atomic E-state index is 0.237. The summed E-state index contributed by atoms with van der Waals surface area (Å²) in [5.74, 6) is 1.52. The number of thioether (sulfide) groups is 1. The van der Waals surface area contributed by atoms with Gasteiger partial charge in [0.15, 0.2) is 11.6 Å². The van der Waals surface area contributed by atoms with Gasteiger partial charge < -0.3 is 9.84 Å². The molecule has 1 atom stereocenters. The van der Waals surface area contributed by atoms with Crippen LogP contribution in [-0.4, -0.2) is 29.8 Å². The van der Waals surface area contributed by atoms with E-state index in [1.807, 2.05) is 6.92 Å². The van der Waals surface area contributed by atoms with Crippen LogP contribution in [0.5, 0.6) is 5.75 Å². The molecular formula is C12H17FO2S. The highest BCUT2D eigenvalue weighted by atomic mass is 32.2. The number of rotatable bonds is 6. The average molecular weight is 244 g/mol. The summed E-state index contributed by atoms with van der Waals surface area (Å²) in [7, 11) is 1.44. The molecule has 0 heterocycles.